The van der Waals surface area contributed by atoms with Crippen molar-refractivity contribution < 1.29 is 8.83 Å². The Balaban J connectivity index is 1.06. The second kappa shape index (κ2) is 11.2. The van der Waals surface area contributed by atoms with Gasteiger partial charge in [0, 0.05) is 55.1 Å². The molecule has 0 aliphatic heterocycles. The number of aromatic nitrogens is 1. The molecule has 0 unspecified atom stereocenters. The van der Waals surface area contributed by atoms with E-state index in [2.05, 4.69) is 167 Å². The van der Waals surface area contributed by atoms with Crippen molar-refractivity contribution in [2.24, 2.45) is 0 Å². The molecule has 244 valence electrons. The van der Waals surface area contributed by atoms with Crippen LogP contribution in [0.2, 0.25) is 0 Å². The highest BCUT2D eigenvalue weighted by atomic mass is 16.3. The number of nitrogens with zero attached hydrogens (tertiary/aromatic N) is 2. The molecule has 0 N–H and O–H groups in total. The van der Waals surface area contributed by atoms with Crippen LogP contribution >= 0.6 is 0 Å². The minimum Gasteiger partial charge on any atom is -0.456 e. The standard InChI is InChI=1S/C48H30N2O2/c1-2-10-33(11-3-1)50-43-15-7-4-12-37(43)40-28-32(20-25-44(40)50)31-18-21-34(22-19-31)49(35-23-26-47-41(29-35)38-13-5-8-16-45(38)51-47)36-24-27-48-42(30-36)39-14-6-9-17-46(39)52-48/h1-30H. The van der Waals surface area contributed by atoms with Gasteiger partial charge >= 0.3 is 0 Å². The molecule has 0 bridgehead atoms. The molecule has 3 heterocycles. The zero-order valence-electron chi connectivity index (χ0n) is 28.0. The van der Waals surface area contributed by atoms with Crippen LogP contribution in [0.15, 0.2) is 191 Å². The third-order valence-electron chi connectivity index (χ3n) is 10.4. The van der Waals surface area contributed by atoms with Crippen LogP contribution in [0, 0.1) is 0 Å². The van der Waals surface area contributed by atoms with E-state index in [1.54, 1.807) is 0 Å². The largest absolute Gasteiger partial charge is 0.456 e. The van der Waals surface area contributed by atoms with Gasteiger partial charge in [-0.25, -0.2) is 0 Å². The molecule has 11 rings (SSSR count). The van der Waals surface area contributed by atoms with E-state index in [-0.39, 0.29) is 0 Å². The average Bonchev–Trinajstić information content (AvgIpc) is 3.88. The molecular formula is C48H30N2O2. The molecule has 52 heavy (non-hydrogen) atoms. The van der Waals surface area contributed by atoms with Crippen molar-refractivity contribution in [2.75, 3.05) is 4.90 Å². The summed E-state index contributed by atoms with van der Waals surface area (Å²) in [5, 5.41) is 6.88. The first-order valence-corrected chi connectivity index (χ1v) is 17.6. The van der Waals surface area contributed by atoms with Crippen LogP contribution in [0.1, 0.15) is 0 Å². The lowest BCUT2D eigenvalue weighted by Gasteiger charge is -2.26. The maximum absolute atomic E-state index is 6.21. The zero-order valence-corrected chi connectivity index (χ0v) is 28.0. The van der Waals surface area contributed by atoms with E-state index in [9.17, 15) is 0 Å². The highest BCUT2D eigenvalue weighted by molar-refractivity contribution is 6.11. The molecule has 0 saturated carbocycles. The van der Waals surface area contributed by atoms with E-state index < -0.39 is 0 Å². The molecule has 0 fully saturated rings. The number of hydrogen-bond donors (Lipinski definition) is 0. The molecule has 0 radical (unpaired) electrons. The monoisotopic (exact) mass is 666 g/mol. The number of hydrogen-bond acceptors (Lipinski definition) is 3. The Labute approximate surface area is 299 Å². The summed E-state index contributed by atoms with van der Waals surface area (Å²) in [5.74, 6) is 0. The fourth-order valence-electron chi connectivity index (χ4n) is 7.96. The minimum absolute atomic E-state index is 0.876. The van der Waals surface area contributed by atoms with Gasteiger partial charge in [0.05, 0.1) is 11.0 Å². The average molecular weight is 667 g/mol. The number of furan rings is 2. The summed E-state index contributed by atoms with van der Waals surface area (Å²) >= 11 is 0. The number of rotatable bonds is 5. The Morgan fingerprint density at radius 1 is 0.327 bits per heavy atom. The lowest BCUT2D eigenvalue weighted by Crippen LogP contribution is -2.09. The van der Waals surface area contributed by atoms with Crippen molar-refractivity contribution in [1.82, 2.24) is 4.57 Å². The summed E-state index contributed by atoms with van der Waals surface area (Å²) in [5.41, 5.74) is 12.6. The smallest absolute Gasteiger partial charge is 0.135 e. The van der Waals surface area contributed by atoms with Crippen LogP contribution in [0.4, 0.5) is 17.1 Å². The molecule has 3 aromatic heterocycles. The maximum Gasteiger partial charge on any atom is 0.135 e. The van der Waals surface area contributed by atoms with Crippen molar-refractivity contribution in [1.29, 1.82) is 0 Å². The van der Waals surface area contributed by atoms with Crippen molar-refractivity contribution in [2.45, 2.75) is 0 Å². The Morgan fingerprint density at radius 3 is 1.48 bits per heavy atom. The molecule has 0 aliphatic carbocycles. The van der Waals surface area contributed by atoms with Gasteiger partial charge in [-0.2, -0.15) is 0 Å². The summed E-state index contributed by atoms with van der Waals surface area (Å²) in [6.45, 7) is 0. The fourth-order valence-corrected chi connectivity index (χ4v) is 7.96. The maximum atomic E-state index is 6.21. The van der Waals surface area contributed by atoms with Crippen molar-refractivity contribution >= 4 is 82.7 Å². The van der Waals surface area contributed by atoms with E-state index in [0.717, 1.165) is 72.2 Å². The summed E-state index contributed by atoms with van der Waals surface area (Å²) in [6, 6.07) is 64.4. The highest BCUT2D eigenvalue weighted by Crippen LogP contribution is 2.42. The van der Waals surface area contributed by atoms with Crippen molar-refractivity contribution in [3.63, 3.8) is 0 Å². The van der Waals surface area contributed by atoms with Crippen molar-refractivity contribution in [3.8, 4) is 16.8 Å². The van der Waals surface area contributed by atoms with Crippen LogP contribution in [0.5, 0.6) is 0 Å². The first kappa shape index (κ1) is 28.8. The lowest BCUT2D eigenvalue weighted by atomic mass is 10.0. The van der Waals surface area contributed by atoms with Crippen LogP contribution in [-0.2, 0) is 0 Å². The second-order valence-corrected chi connectivity index (χ2v) is 13.4. The third-order valence-corrected chi connectivity index (χ3v) is 10.4. The van der Waals surface area contributed by atoms with E-state index in [4.69, 9.17) is 8.83 Å². The molecule has 4 nitrogen and oxygen atoms in total. The molecule has 4 heteroatoms. The summed E-state index contributed by atoms with van der Waals surface area (Å²) < 4.78 is 14.8. The van der Waals surface area contributed by atoms with E-state index in [0.29, 0.717) is 0 Å². The zero-order chi connectivity index (χ0) is 34.2. The number of para-hydroxylation sites is 4. The minimum atomic E-state index is 0.876. The Morgan fingerprint density at radius 2 is 0.827 bits per heavy atom. The Bertz CT molecular complexity index is 3020. The van der Waals surface area contributed by atoms with Gasteiger partial charge in [-0.05, 0) is 102 Å². The molecular weight excluding hydrogens is 637 g/mol. The molecule has 0 amide bonds. The van der Waals surface area contributed by atoms with Crippen LogP contribution in [-0.4, -0.2) is 4.57 Å². The predicted octanol–water partition coefficient (Wildman–Crippen LogP) is 13.7. The van der Waals surface area contributed by atoms with E-state index in [1.807, 2.05) is 24.3 Å². The highest BCUT2D eigenvalue weighted by Gasteiger charge is 2.18. The quantitative estimate of drug-likeness (QED) is 0.183. The van der Waals surface area contributed by atoms with Gasteiger partial charge in [-0.1, -0.05) is 91.0 Å². The van der Waals surface area contributed by atoms with E-state index in [1.165, 1.54) is 27.4 Å². The normalized spacial score (nSPS) is 11.8. The molecule has 0 aliphatic rings. The SMILES string of the molecule is c1ccc(-n2c3ccccc3c3cc(-c4ccc(N(c5ccc6oc7ccccc7c6c5)c5ccc6oc7ccccc7c6c5)cc4)ccc32)cc1. The topological polar surface area (TPSA) is 34.5 Å². The molecule has 0 atom stereocenters. The second-order valence-electron chi connectivity index (χ2n) is 13.4. The van der Waals surface area contributed by atoms with Gasteiger partial charge < -0.3 is 18.3 Å². The van der Waals surface area contributed by atoms with Crippen LogP contribution in [0.25, 0.3) is 82.5 Å². The number of anilines is 3. The van der Waals surface area contributed by atoms with Gasteiger partial charge in [-0.3, -0.25) is 0 Å². The number of benzene rings is 8. The molecule has 0 spiro atoms. The van der Waals surface area contributed by atoms with Crippen molar-refractivity contribution in [3.05, 3.63) is 182 Å². The summed E-state index contributed by atoms with van der Waals surface area (Å²) in [6.07, 6.45) is 0. The van der Waals surface area contributed by atoms with Crippen LogP contribution < -0.4 is 4.90 Å². The van der Waals surface area contributed by atoms with Gasteiger partial charge in [0.1, 0.15) is 22.3 Å². The molecule has 0 saturated heterocycles. The Kier molecular flexibility index (Phi) is 6.22. The Hall–Kier alpha value is -7.04. The van der Waals surface area contributed by atoms with Gasteiger partial charge in [-0.15, -0.1) is 0 Å². The number of fused-ring (bicyclic) bond motifs is 9. The fraction of sp³-hybridized carbons (Fsp3) is 0. The summed E-state index contributed by atoms with van der Waals surface area (Å²) in [7, 11) is 0. The van der Waals surface area contributed by atoms with Crippen LogP contribution in [0.3, 0.4) is 0 Å². The first-order chi connectivity index (χ1) is 25.8. The first-order valence-electron chi connectivity index (χ1n) is 17.6. The van der Waals surface area contributed by atoms with Gasteiger partial charge in [0.25, 0.3) is 0 Å². The lowest BCUT2D eigenvalue weighted by molar-refractivity contribution is 0.668. The molecule has 11 aromatic rings. The molecule has 8 aromatic carbocycles. The van der Waals surface area contributed by atoms with Gasteiger partial charge in [0.2, 0.25) is 0 Å². The predicted molar refractivity (Wildman–Crippen MR) is 215 cm³/mol. The van der Waals surface area contributed by atoms with Gasteiger partial charge in [0.15, 0.2) is 0 Å². The summed E-state index contributed by atoms with van der Waals surface area (Å²) in [4.78, 5) is 2.32. The van der Waals surface area contributed by atoms with E-state index >= 15 is 0 Å². The third kappa shape index (κ3) is 4.41.